The van der Waals surface area contributed by atoms with Crippen LogP contribution in [0, 0.1) is 0 Å². The van der Waals surface area contributed by atoms with E-state index in [0.717, 1.165) is 10.0 Å². The summed E-state index contributed by atoms with van der Waals surface area (Å²) in [5.74, 6) is -2.39. The van der Waals surface area contributed by atoms with Gasteiger partial charge in [0.2, 0.25) is 0 Å². The standard InChI is InChI=1S/C14H14BrF2NO/c1-3-18-12(19-2)13(8-14(16,17)9-13)10-5-4-6-11(15)7-10/h3-7H,1,8-9H2,2H3. The second kappa shape index (κ2) is 5.04. The fourth-order valence-electron chi connectivity index (χ4n) is 2.55. The number of hydrogen-bond donors (Lipinski definition) is 0. The third-order valence-electron chi connectivity index (χ3n) is 3.31. The zero-order valence-corrected chi connectivity index (χ0v) is 12.1. The molecule has 0 unspecified atom stereocenters. The van der Waals surface area contributed by atoms with Crippen molar-refractivity contribution in [2.45, 2.75) is 24.2 Å². The average molecular weight is 330 g/mol. The maximum atomic E-state index is 13.4. The number of benzene rings is 1. The molecule has 102 valence electrons. The SMILES string of the molecule is C=CN=C(OC)C1(c2cccc(Br)c2)CC(F)(F)C1. The lowest BCUT2D eigenvalue weighted by Gasteiger charge is -2.47. The molecule has 5 heteroatoms. The van der Waals surface area contributed by atoms with Gasteiger partial charge in [0.15, 0.2) is 5.90 Å². The van der Waals surface area contributed by atoms with Crippen LogP contribution in [0.1, 0.15) is 18.4 Å². The first-order chi connectivity index (χ1) is 8.93. The van der Waals surface area contributed by atoms with Gasteiger partial charge in [0.05, 0.1) is 12.5 Å². The molecule has 1 aromatic rings. The molecule has 0 aromatic heterocycles. The van der Waals surface area contributed by atoms with Crippen LogP contribution >= 0.6 is 15.9 Å². The van der Waals surface area contributed by atoms with Gasteiger partial charge in [-0.25, -0.2) is 13.8 Å². The summed E-state index contributed by atoms with van der Waals surface area (Å²) >= 11 is 3.36. The van der Waals surface area contributed by atoms with Gasteiger partial charge in [0.1, 0.15) is 0 Å². The molecule has 0 aliphatic heterocycles. The Hall–Kier alpha value is -1.23. The van der Waals surface area contributed by atoms with E-state index < -0.39 is 11.3 Å². The molecule has 0 bridgehead atoms. The Balaban J connectivity index is 2.48. The molecule has 1 fully saturated rings. The van der Waals surface area contributed by atoms with E-state index in [1.54, 1.807) is 0 Å². The van der Waals surface area contributed by atoms with Crippen molar-refractivity contribution in [2.24, 2.45) is 4.99 Å². The molecule has 19 heavy (non-hydrogen) atoms. The molecular weight excluding hydrogens is 316 g/mol. The first-order valence-electron chi connectivity index (χ1n) is 5.80. The smallest absolute Gasteiger partial charge is 0.250 e. The molecule has 2 nitrogen and oxygen atoms in total. The van der Waals surface area contributed by atoms with E-state index in [2.05, 4.69) is 27.5 Å². The summed E-state index contributed by atoms with van der Waals surface area (Å²) in [7, 11) is 1.44. The highest BCUT2D eigenvalue weighted by Gasteiger charge is 2.61. The van der Waals surface area contributed by atoms with Crippen LogP contribution in [0.4, 0.5) is 8.78 Å². The molecule has 1 saturated carbocycles. The van der Waals surface area contributed by atoms with Crippen molar-refractivity contribution in [3.63, 3.8) is 0 Å². The Kier molecular flexibility index (Phi) is 3.76. The number of aliphatic imine (C=N–C) groups is 1. The Morgan fingerprint density at radius 3 is 2.63 bits per heavy atom. The van der Waals surface area contributed by atoms with Gasteiger partial charge in [-0.2, -0.15) is 0 Å². The molecule has 1 aliphatic carbocycles. The lowest BCUT2D eigenvalue weighted by molar-refractivity contribution is -0.109. The minimum Gasteiger partial charge on any atom is -0.483 e. The van der Waals surface area contributed by atoms with E-state index in [0.29, 0.717) is 0 Å². The van der Waals surface area contributed by atoms with Crippen molar-refractivity contribution in [2.75, 3.05) is 7.11 Å². The molecule has 0 radical (unpaired) electrons. The predicted octanol–water partition coefficient (Wildman–Crippen LogP) is 4.30. The van der Waals surface area contributed by atoms with Gasteiger partial charge in [0.25, 0.3) is 5.92 Å². The predicted molar refractivity (Wildman–Crippen MR) is 74.6 cm³/mol. The number of halogens is 3. The highest BCUT2D eigenvalue weighted by molar-refractivity contribution is 9.10. The summed E-state index contributed by atoms with van der Waals surface area (Å²) in [6.07, 6.45) is 0.725. The lowest BCUT2D eigenvalue weighted by Crippen LogP contribution is -2.55. The van der Waals surface area contributed by atoms with E-state index in [-0.39, 0.29) is 18.7 Å². The lowest BCUT2D eigenvalue weighted by atomic mass is 9.61. The fourth-order valence-corrected chi connectivity index (χ4v) is 2.95. The number of alkyl halides is 2. The van der Waals surface area contributed by atoms with Gasteiger partial charge in [-0.05, 0) is 17.7 Å². The number of methoxy groups -OCH3 is 1. The molecule has 0 N–H and O–H groups in total. The number of hydrogen-bond acceptors (Lipinski definition) is 2. The Morgan fingerprint density at radius 1 is 1.47 bits per heavy atom. The largest absolute Gasteiger partial charge is 0.483 e. The third kappa shape index (κ3) is 2.56. The van der Waals surface area contributed by atoms with Crippen molar-refractivity contribution < 1.29 is 13.5 Å². The second-order valence-electron chi connectivity index (χ2n) is 4.62. The van der Waals surface area contributed by atoms with E-state index in [4.69, 9.17) is 4.74 Å². The van der Waals surface area contributed by atoms with Gasteiger partial charge < -0.3 is 4.74 Å². The van der Waals surface area contributed by atoms with E-state index in [1.165, 1.54) is 13.3 Å². The van der Waals surface area contributed by atoms with Crippen molar-refractivity contribution in [1.29, 1.82) is 0 Å². The molecule has 1 aromatic carbocycles. The molecule has 0 atom stereocenters. The Labute approximate surface area is 119 Å². The normalized spacial score (nSPS) is 20.5. The van der Waals surface area contributed by atoms with Crippen LogP contribution < -0.4 is 0 Å². The zero-order chi connectivity index (χ0) is 14.1. The van der Waals surface area contributed by atoms with Crippen molar-refractivity contribution in [3.8, 4) is 0 Å². The molecule has 0 spiro atoms. The number of nitrogens with zero attached hydrogens (tertiary/aromatic N) is 1. The van der Waals surface area contributed by atoms with Crippen LogP contribution in [0.25, 0.3) is 0 Å². The topological polar surface area (TPSA) is 21.6 Å². The van der Waals surface area contributed by atoms with Gasteiger partial charge in [-0.3, -0.25) is 0 Å². The second-order valence-corrected chi connectivity index (χ2v) is 5.54. The minimum atomic E-state index is -2.68. The third-order valence-corrected chi connectivity index (χ3v) is 3.80. The van der Waals surface area contributed by atoms with E-state index in [9.17, 15) is 8.78 Å². The molecule has 2 rings (SSSR count). The van der Waals surface area contributed by atoms with Gasteiger partial charge in [0, 0.05) is 23.5 Å². The van der Waals surface area contributed by atoms with Crippen molar-refractivity contribution in [3.05, 3.63) is 47.1 Å². The van der Waals surface area contributed by atoms with Gasteiger partial charge in [-0.15, -0.1) is 0 Å². The monoisotopic (exact) mass is 329 g/mol. The first kappa shape index (κ1) is 14.2. The quantitative estimate of drug-likeness (QED) is 0.598. The van der Waals surface area contributed by atoms with Crippen molar-refractivity contribution in [1.82, 2.24) is 0 Å². The van der Waals surface area contributed by atoms with Gasteiger partial charge in [-0.1, -0.05) is 34.6 Å². The molecule has 0 saturated heterocycles. The van der Waals surface area contributed by atoms with Crippen LogP contribution in [-0.4, -0.2) is 18.9 Å². The van der Waals surface area contributed by atoms with Crippen molar-refractivity contribution >= 4 is 21.8 Å². The molecule has 0 amide bonds. The van der Waals surface area contributed by atoms with Crippen LogP contribution in [0.5, 0.6) is 0 Å². The van der Waals surface area contributed by atoms with E-state index >= 15 is 0 Å². The van der Waals surface area contributed by atoms with E-state index in [1.807, 2.05) is 24.3 Å². The number of ether oxygens (including phenoxy) is 1. The summed E-state index contributed by atoms with van der Waals surface area (Å²) in [4.78, 5) is 4.02. The summed E-state index contributed by atoms with van der Waals surface area (Å²) in [5, 5.41) is 0. The molecular formula is C14H14BrF2NO. The van der Waals surface area contributed by atoms with Crippen LogP contribution in [0.15, 0.2) is 46.5 Å². The number of rotatable bonds is 3. The summed E-state index contributed by atoms with van der Waals surface area (Å²) in [6, 6.07) is 7.31. The highest BCUT2D eigenvalue weighted by Crippen LogP contribution is 2.54. The minimum absolute atomic E-state index is 0.284. The van der Waals surface area contributed by atoms with Gasteiger partial charge >= 0.3 is 0 Å². The molecule has 1 aliphatic rings. The fraction of sp³-hybridized carbons (Fsp3) is 0.357. The first-order valence-corrected chi connectivity index (χ1v) is 6.60. The Morgan fingerprint density at radius 2 is 2.16 bits per heavy atom. The highest BCUT2D eigenvalue weighted by atomic mass is 79.9. The summed E-state index contributed by atoms with van der Waals surface area (Å²) in [5.41, 5.74) is -0.0915. The maximum Gasteiger partial charge on any atom is 0.250 e. The van der Waals surface area contributed by atoms with Crippen LogP contribution in [0.2, 0.25) is 0 Å². The maximum absolute atomic E-state index is 13.4. The van der Waals surface area contributed by atoms with Crippen LogP contribution in [-0.2, 0) is 10.2 Å². The molecule has 0 heterocycles. The average Bonchev–Trinajstić information content (AvgIpc) is 2.32. The summed E-state index contributed by atoms with van der Waals surface area (Å²) in [6.45, 7) is 3.50. The summed E-state index contributed by atoms with van der Waals surface area (Å²) < 4.78 is 32.9. The Bertz CT molecular complexity index is 520. The zero-order valence-electron chi connectivity index (χ0n) is 10.5. The van der Waals surface area contributed by atoms with Crippen LogP contribution in [0.3, 0.4) is 0 Å².